The molecule has 1 spiro atoms. The van der Waals surface area contributed by atoms with E-state index >= 15 is 0 Å². The van der Waals surface area contributed by atoms with Gasteiger partial charge in [0, 0.05) is 0 Å². The van der Waals surface area contributed by atoms with Crippen molar-refractivity contribution < 1.29 is 31.0 Å². The van der Waals surface area contributed by atoms with Gasteiger partial charge < -0.3 is 25.1 Å². The highest BCUT2D eigenvalue weighted by atomic mass is 32.2. The number of rotatable bonds is 7. The van der Waals surface area contributed by atoms with Gasteiger partial charge in [0.05, 0.1) is 23.9 Å². The van der Waals surface area contributed by atoms with Crippen LogP contribution in [0.25, 0.3) is 0 Å². The smallest absolute Gasteiger partial charge is 0.292 e. The number of primary amides is 1. The first-order chi connectivity index (χ1) is 16.5. The van der Waals surface area contributed by atoms with Crippen molar-refractivity contribution in [2.75, 3.05) is 6.61 Å². The number of amides is 1. The summed E-state index contributed by atoms with van der Waals surface area (Å²) in [5.74, 6) is -0.766. The predicted molar refractivity (Wildman–Crippen MR) is 143 cm³/mol. The maximum Gasteiger partial charge on any atom is 0.292 e. The molecule has 37 heavy (non-hydrogen) atoms. The van der Waals surface area contributed by atoms with Crippen LogP contribution in [0, 0.1) is 0 Å². The van der Waals surface area contributed by atoms with Crippen LogP contribution in [0.5, 0.6) is 0 Å². The molecule has 1 fully saturated rings. The molecule has 1 aromatic rings. The van der Waals surface area contributed by atoms with E-state index in [1.807, 2.05) is 13.1 Å². The van der Waals surface area contributed by atoms with Gasteiger partial charge in [0.15, 0.2) is 34.2 Å². The molecule has 1 aromatic heterocycles. The molecule has 0 saturated carbocycles. The second-order valence-corrected chi connectivity index (χ2v) is 23.7. The first-order valence-corrected chi connectivity index (χ1v) is 19.4. The average Bonchev–Trinajstić information content (AvgIpc) is 3.35. The summed E-state index contributed by atoms with van der Waals surface area (Å²) in [6.07, 6.45) is -1.69. The molecular weight excluding hydrogens is 535 g/mol. The lowest BCUT2D eigenvalue weighted by Gasteiger charge is -2.43. The summed E-state index contributed by atoms with van der Waals surface area (Å²) in [6, 6.07) is 0. The molecule has 4 atom stereocenters. The third-order valence-corrected chi connectivity index (χ3v) is 18.1. The van der Waals surface area contributed by atoms with Crippen molar-refractivity contribution in [1.82, 2.24) is 15.0 Å². The van der Waals surface area contributed by atoms with Crippen molar-refractivity contribution in [3.8, 4) is 0 Å². The Morgan fingerprint density at radius 1 is 1.14 bits per heavy atom. The van der Waals surface area contributed by atoms with Crippen LogP contribution in [-0.2, 0) is 27.9 Å². The molecule has 1 amide bonds. The van der Waals surface area contributed by atoms with Gasteiger partial charge in [-0.1, -0.05) is 46.8 Å². The number of hydrogen-bond donors (Lipinski definition) is 2. The Labute approximate surface area is 221 Å². The number of ether oxygens (including phenoxy) is 1. The van der Waals surface area contributed by atoms with Crippen molar-refractivity contribution in [2.24, 2.45) is 11.5 Å². The van der Waals surface area contributed by atoms with Gasteiger partial charge in [-0.2, -0.15) is 8.42 Å². The minimum Gasteiger partial charge on any atom is -0.414 e. The molecule has 0 aliphatic carbocycles. The topological polar surface area (TPSA) is 171 Å². The lowest BCUT2D eigenvalue weighted by molar-refractivity contribution is -0.0595. The van der Waals surface area contributed by atoms with Gasteiger partial charge in [0.25, 0.3) is 16.0 Å². The predicted octanol–water partition coefficient (Wildman–Crippen LogP) is 2.59. The molecule has 0 unspecified atom stereocenters. The molecule has 0 aromatic carbocycles. The Morgan fingerprint density at radius 2 is 1.70 bits per heavy atom. The summed E-state index contributed by atoms with van der Waals surface area (Å²) in [5.41, 5.74) is 9.99. The number of nitrogens with zero attached hydrogens (tertiary/aromatic N) is 3. The summed E-state index contributed by atoms with van der Waals surface area (Å²) < 4.78 is 52.2. The van der Waals surface area contributed by atoms with Crippen molar-refractivity contribution in [1.29, 1.82) is 0 Å². The van der Waals surface area contributed by atoms with E-state index in [0.717, 1.165) is 5.41 Å². The van der Waals surface area contributed by atoms with Crippen molar-refractivity contribution >= 4 is 32.7 Å². The first-order valence-electron chi connectivity index (χ1n) is 12.2. The Morgan fingerprint density at radius 3 is 2.14 bits per heavy atom. The molecule has 3 heterocycles. The van der Waals surface area contributed by atoms with E-state index in [-0.39, 0.29) is 28.1 Å². The van der Waals surface area contributed by atoms with Crippen LogP contribution < -0.4 is 11.5 Å². The van der Waals surface area contributed by atoms with Gasteiger partial charge in [-0.3, -0.25) is 4.79 Å². The highest BCUT2D eigenvalue weighted by Crippen LogP contribution is 2.52. The zero-order chi connectivity index (χ0) is 28.4. The van der Waals surface area contributed by atoms with Crippen molar-refractivity contribution in [3.63, 3.8) is 0 Å². The van der Waals surface area contributed by atoms with E-state index in [4.69, 9.17) is 29.2 Å². The number of hydrogen-bond acceptors (Lipinski definition) is 10. The zero-order valence-electron chi connectivity index (χ0n) is 23.4. The van der Waals surface area contributed by atoms with Crippen LogP contribution >= 0.6 is 0 Å². The zero-order valence-corrected chi connectivity index (χ0v) is 26.2. The number of carbonyl (C=O) groups excluding carboxylic acids is 1. The quantitative estimate of drug-likeness (QED) is 0.364. The fourth-order valence-electron chi connectivity index (χ4n) is 3.72. The maximum absolute atomic E-state index is 12.7. The fraction of sp³-hybridized carbons (Fsp3) is 0.773. The highest BCUT2D eigenvalue weighted by Gasteiger charge is 2.67. The van der Waals surface area contributed by atoms with Gasteiger partial charge in [-0.25, -0.2) is 8.86 Å². The minimum absolute atomic E-state index is 0.00574. The van der Waals surface area contributed by atoms with Crippen LogP contribution in [0.3, 0.4) is 0 Å². The van der Waals surface area contributed by atoms with E-state index in [1.165, 1.54) is 10.9 Å². The molecule has 2 aliphatic heterocycles. The first kappa shape index (κ1) is 29.9. The standard InChI is InChI=1S/C22H41N5O7SSi2/c1-20(2,3)36(7,8)31-12-16-22(15(23)13-35(29,30)34-22)17(33-37(9,10)21(4,5)6)19(32-16)27-11-14(18(24)28)25-26-27/h11,13,16-17,19H,12,23H2,1-10H3,(H2,24,28)/t16-,17+,19-,22-/m1/s1. The normalized spacial score (nSPS) is 28.6. The van der Waals surface area contributed by atoms with E-state index in [2.05, 4.69) is 64.9 Å². The Bertz CT molecular complexity index is 1190. The van der Waals surface area contributed by atoms with Crippen LogP contribution in [0.2, 0.25) is 36.3 Å². The molecule has 0 radical (unpaired) electrons. The lowest BCUT2D eigenvalue weighted by atomic mass is 9.89. The fourth-order valence-corrected chi connectivity index (χ4v) is 7.22. The molecule has 3 rings (SSSR count). The molecule has 4 N–H and O–H groups in total. The van der Waals surface area contributed by atoms with Crippen molar-refractivity contribution in [2.45, 2.75) is 102 Å². The van der Waals surface area contributed by atoms with Crippen LogP contribution in [0.4, 0.5) is 0 Å². The average molecular weight is 576 g/mol. The molecule has 0 bridgehead atoms. The second kappa shape index (κ2) is 9.24. The molecular formula is C22H41N5O7SSi2. The van der Waals surface area contributed by atoms with Gasteiger partial charge >= 0.3 is 0 Å². The number of carbonyl (C=O) groups is 1. The summed E-state index contributed by atoms with van der Waals surface area (Å²) in [5, 5.41) is 8.41. The van der Waals surface area contributed by atoms with Gasteiger partial charge in [0.1, 0.15) is 12.2 Å². The summed E-state index contributed by atoms with van der Waals surface area (Å²) >= 11 is 0. The van der Waals surface area contributed by atoms with Crippen molar-refractivity contribution in [3.05, 3.63) is 23.0 Å². The van der Waals surface area contributed by atoms with E-state index < -0.39 is 56.7 Å². The Balaban J connectivity index is 2.16. The van der Waals surface area contributed by atoms with Crippen LogP contribution in [-0.4, -0.2) is 70.4 Å². The number of nitrogens with two attached hydrogens (primary N) is 2. The molecule has 12 nitrogen and oxygen atoms in total. The van der Waals surface area contributed by atoms with Crippen LogP contribution in [0.15, 0.2) is 17.3 Å². The van der Waals surface area contributed by atoms with Gasteiger partial charge in [0.2, 0.25) is 0 Å². The maximum atomic E-state index is 12.7. The Hall–Kier alpha value is -1.63. The molecule has 15 heteroatoms. The molecule has 1 saturated heterocycles. The van der Waals surface area contributed by atoms with Gasteiger partial charge in [-0.05, 0) is 36.3 Å². The lowest BCUT2D eigenvalue weighted by Crippen LogP contribution is -2.59. The molecule has 210 valence electrons. The SMILES string of the molecule is CC(C)(C)[Si](C)(C)OC[C@H]1O[C@@H](n2cc(C(N)=O)nn2)[C@H](O[Si](C)(C)C(C)(C)C)[C@]12OS(=O)(=O)C=C2N. The monoisotopic (exact) mass is 575 g/mol. The van der Waals surface area contributed by atoms with Gasteiger partial charge in [-0.15, -0.1) is 5.10 Å². The Kier molecular flexibility index (Phi) is 7.47. The summed E-state index contributed by atoms with van der Waals surface area (Å²) in [6.45, 7) is 20.7. The van der Waals surface area contributed by atoms with E-state index in [0.29, 0.717) is 0 Å². The van der Waals surface area contributed by atoms with E-state index in [9.17, 15) is 13.2 Å². The summed E-state index contributed by atoms with van der Waals surface area (Å²) in [7, 11) is -8.99. The highest BCUT2D eigenvalue weighted by molar-refractivity contribution is 7.90. The minimum atomic E-state index is -4.14. The summed E-state index contributed by atoms with van der Waals surface area (Å²) in [4.78, 5) is 11.7. The third-order valence-electron chi connectivity index (χ3n) is 8.09. The van der Waals surface area contributed by atoms with Crippen LogP contribution in [0.1, 0.15) is 58.3 Å². The number of aromatic nitrogens is 3. The molecule has 2 aliphatic rings. The largest absolute Gasteiger partial charge is 0.414 e. The van der Waals surface area contributed by atoms with E-state index in [1.54, 1.807) is 0 Å². The second-order valence-electron chi connectivity index (χ2n) is 12.8. The third kappa shape index (κ3) is 5.44.